The fourth-order valence-corrected chi connectivity index (χ4v) is 3.75. The molecule has 2 amide bonds. The minimum atomic E-state index is -0.533. The summed E-state index contributed by atoms with van der Waals surface area (Å²) in [5.74, 6) is 0.288. The summed E-state index contributed by atoms with van der Waals surface area (Å²) in [6, 6.07) is 13.4. The minimum Gasteiger partial charge on any atom is -0.497 e. The zero-order valence-electron chi connectivity index (χ0n) is 17.2. The maximum Gasteiger partial charge on any atom is 0.277 e. The largest absolute Gasteiger partial charge is 0.497 e. The normalized spacial score (nSPS) is 15.8. The zero-order chi connectivity index (χ0) is 21.8. The molecule has 0 radical (unpaired) electrons. The molecule has 0 aliphatic carbocycles. The summed E-state index contributed by atoms with van der Waals surface area (Å²) in [7, 11) is 1.58. The summed E-state index contributed by atoms with van der Waals surface area (Å²) >= 11 is 0. The van der Waals surface area contributed by atoms with Crippen molar-refractivity contribution in [3.05, 3.63) is 58.9 Å². The highest BCUT2D eigenvalue weighted by Crippen LogP contribution is 2.21. The summed E-state index contributed by atoms with van der Waals surface area (Å²) in [5, 5.41) is 11.3. The molecule has 31 heavy (non-hydrogen) atoms. The summed E-state index contributed by atoms with van der Waals surface area (Å²) in [5.41, 5.74) is 0.876. The summed E-state index contributed by atoms with van der Waals surface area (Å²) in [6.45, 7) is 0.622. The fourth-order valence-electron chi connectivity index (χ4n) is 3.75. The Morgan fingerprint density at radius 3 is 2.71 bits per heavy atom. The number of hydrogen-bond acceptors (Lipinski definition) is 6. The number of methoxy groups -OCH3 is 1. The number of aryl methyl sites for hydroxylation is 1. The van der Waals surface area contributed by atoms with E-state index in [4.69, 9.17) is 4.74 Å². The first-order valence-corrected chi connectivity index (χ1v) is 10.1. The fraction of sp³-hybridized carbons (Fsp3) is 0.318. The maximum absolute atomic E-state index is 12.8. The van der Waals surface area contributed by atoms with E-state index in [0.717, 1.165) is 6.42 Å². The van der Waals surface area contributed by atoms with E-state index in [1.807, 2.05) is 0 Å². The molecule has 1 aliphatic heterocycles. The molecule has 0 spiro atoms. The highest BCUT2D eigenvalue weighted by Gasteiger charge is 2.33. The number of carbonyl (C=O) groups is 2. The predicted octanol–water partition coefficient (Wildman–Crippen LogP) is 1.82. The molecule has 2 aromatic carbocycles. The number of hydrogen-bond donors (Lipinski definition) is 1. The molecular formula is C22H23N5O4. The number of anilines is 1. The number of likely N-dealkylation sites (tertiary alicyclic amines) is 1. The van der Waals surface area contributed by atoms with E-state index in [2.05, 4.69) is 15.6 Å². The van der Waals surface area contributed by atoms with Crippen LogP contribution in [0, 0.1) is 0 Å². The molecule has 1 aromatic heterocycles. The Bertz CT molecular complexity index is 1160. The molecule has 9 heteroatoms. The summed E-state index contributed by atoms with van der Waals surface area (Å²) in [4.78, 5) is 39.7. The van der Waals surface area contributed by atoms with Crippen molar-refractivity contribution in [1.82, 2.24) is 19.9 Å². The van der Waals surface area contributed by atoms with E-state index in [1.165, 1.54) is 4.68 Å². The van der Waals surface area contributed by atoms with Gasteiger partial charge in [-0.25, -0.2) is 4.68 Å². The van der Waals surface area contributed by atoms with Gasteiger partial charge in [-0.05, 0) is 49.2 Å². The maximum atomic E-state index is 12.8. The van der Waals surface area contributed by atoms with E-state index < -0.39 is 6.04 Å². The number of rotatable bonds is 6. The van der Waals surface area contributed by atoms with Gasteiger partial charge in [0, 0.05) is 18.7 Å². The molecule has 3 aromatic rings. The molecule has 4 rings (SSSR count). The van der Waals surface area contributed by atoms with E-state index in [0.29, 0.717) is 35.3 Å². The van der Waals surface area contributed by atoms with Crippen LogP contribution in [0.5, 0.6) is 5.75 Å². The molecule has 0 bridgehead atoms. The van der Waals surface area contributed by atoms with Crippen molar-refractivity contribution in [3.63, 3.8) is 0 Å². The van der Waals surface area contributed by atoms with Gasteiger partial charge in [-0.3, -0.25) is 14.4 Å². The van der Waals surface area contributed by atoms with Gasteiger partial charge in [0.15, 0.2) is 0 Å². The molecule has 1 saturated heterocycles. The molecule has 1 aliphatic rings. The average Bonchev–Trinajstić information content (AvgIpc) is 3.29. The van der Waals surface area contributed by atoms with Gasteiger partial charge >= 0.3 is 0 Å². The number of ether oxygens (including phenoxy) is 1. The first-order chi connectivity index (χ1) is 15.1. The first kappa shape index (κ1) is 20.5. The second-order valence-corrected chi connectivity index (χ2v) is 7.35. The third-order valence-corrected chi connectivity index (χ3v) is 5.40. The van der Waals surface area contributed by atoms with Crippen molar-refractivity contribution in [2.75, 3.05) is 19.0 Å². The van der Waals surface area contributed by atoms with Crippen LogP contribution in [0.4, 0.5) is 5.69 Å². The summed E-state index contributed by atoms with van der Waals surface area (Å²) < 4.78 is 6.32. The van der Waals surface area contributed by atoms with Gasteiger partial charge in [0.2, 0.25) is 11.8 Å². The highest BCUT2D eigenvalue weighted by atomic mass is 16.5. The topological polar surface area (TPSA) is 106 Å². The Labute approximate surface area is 178 Å². The van der Waals surface area contributed by atoms with Gasteiger partial charge in [-0.1, -0.05) is 17.3 Å². The molecule has 1 N–H and O–H groups in total. The highest BCUT2D eigenvalue weighted by molar-refractivity contribution is 5.97. The number of amides is 2. The molecular weight excluding hydrogens is 398 g/mol. The predicted molar refractivity (Wildman–Crippen MR) is 115 cm³/mol. The van der Waals surface area contributed by atoms with Crippen molar-refractivity contribution in [3.8, 4) is 5.75 Å². The molecule has 1 unspecified atom stereocenters. The van der Waals surface area contributed by atoms with Crippen LogP contribution in [-0.2, 0) is 16.1 Å². The Kier molecular flexibility index (Phi) is 5.92. The molecule has 160 valence electrons. The van der Waals surface area contributed by atoms with Gasteiger partial charge in [0.1, 0.15) is 17.3 Å². The van der Waals surface area contributed by atoms with E-state index in [-0.39, 0.29) is 30.3 Å². The van der Waals surface area contributed by atoms with Crippen LogP contribution in [0.25, 0.3) is 10.9 Å². The lowest BCUT2D eigenvalue weighted by Gasteiger charge is -2.24. The molecule has 1 atom stereocenters. The van der Waals surface area contributed by atoms with E-state index in [1.54, 1.807) is 60.5 Å². The molecule has 9 nitrogen and oxygen atoms in total. The summed E-state index contributed by atoms with van der Waals surface area (Å²) in [6.07, 6.45) is 1.42. The van der Waals surface area contributed by atoms with Gasteiger partial charge in [0.05, 0.1) is 19.0 Å². The van der Waals surface area contributed by atoms with Gasteiger partial charge in [-0.2, -0.15) is 0 Å². The molecule has 0 saturated carbocycles. The average molecular weight is 421 g/mol. The van der Waals surface area contributed by atoms with Gasteiger partial charge in [-0.15, -0.1) is 5.10 Å². The van der Waals surface area contributed by atoms with Crippen molar-refractivity contribution in [1.29, 1.82) is 0 Å². The quantitative estimate of drug-likeness (QED) is 0.651. The second kappa shape index (κ2) is 8.95. The number of fused-ring (bicyclic) bond motifs is 1. The molecule has 1 fully saturated rings. The Balaban J connectivity index is 1.40. The Morgan fingerprint density at radius 2 is 1.94 bits per heavy atom. The van der Waals surface area contributed by atoms with Crippen molar-refractivity contribution >= 4 is 28.4 Å². The van der Waals surface area contributed by atoms with Crippen LogP contribution in [0.3, 0.4) is 0 Å². The lowest BCUT2D eigenvalue weighted by molar-refractivity contribution is -0.136. The zero-order valence-corrected chi connectivity index (χ0v) is 17.2. The lowest BCUT2D eigenvalue weighted by atomic mass is 10.2. The van der Waals surface area contributed by atoms with Crippen LogP contribution in [0.2, 0.25) is 0 Å². The Hall–Kier alpha value is -3.75. The third kappa shape index (κ3) is 4.40. The van der Waals surface area contributed by atoms with Crippen LogP contribution < -0.4 is 15.6 Å². The van der Waals surface area contributed by atoms with Crippen LogP contribution in [0.1, 0.15) is 19.3 Å². The van der Waals surface area contributed by atoms with E-state index in [9.17, 15) is 14.4 Å². The number of nitrogens with one attached hydrogen (secondary N) is 1. The molecule has 2 heterocycles. The van der Waals surface area contributed by atoms with Gasteiger partial charge < -0.3 is 15.0 Å². The second-order valence-electron chi connectivity index (χ2n) is 7.35. The van der Waals surface area contributed by atoms with E-state index >= 15 is 0 Å². The number of nitrogens with zero attached hydrogens (tertiary/aromatic N) is 4. The number of carbonyl (C=O) groups excluding carboxylic acids is 2. The number of benzene rings is 2. The van der Waals surface area contributed by atoms with Crippen molar-refractivity contribution in [2.45, 2.75) is 31.8 Å². The van der Waals surface area contributed by atoms with Gasteiger partial charge in [0.25, 0.3) is 5.56 Å². The Morgan fingerprint density at radius 1 is 1.16 bits per heavy atom. The first-order valence-electron chi connectivity index (χ1n) is 10.1. The van der Waals surface area contributed by atoms with Crippen molar-refractivity contribution in [2.24, 2.45) is 0 Å². The standard InChI is InChI=1S/C22H23N5O4/c1-31-16-10-8-15(9-11-16)23-21(29)19-7-4-13-26(19)20(28)12-14-27-22(30)17-5-2-3-6-18(17)24-25-27/h2-3,5-6,8-11,19H,4,7,12-14H2,1H3,(H,23,29). The van der Waals surface area contributed by atoms with Crippen LogP contribution >= 0.6 is 0 Å². The SMILES string of the molecule is COc1ccc(NC(=O)C2CCCN2C(=O)CCn2nnc3ccccc3c2=O)cc1. The lowest BCUT2D eigenvalue weighted by Crippen LogP contribution is -2.43. The monoisotopic (exact) mass is 421 g/mol. The minimum absolute atomic E-state index is 0.0687. The van der Waals surface area contributed by atoms with Crippen molar-refractivity contribution < 1.29 is 14.3 Å². The number of aromatic nitrogens is 3. The smallest absolute Gasteiger partial charge is 0.277 e. The van der Waals surface area contributed by atoms with Crippen LogP contribution in [0.15, 0.2) is 53.3 Å². The third-order valence-electron chi connectivity index (χ3n) is 5.40. The van der Waals surface area contributed by atoms with Crippen LogP contribution in [-0.4, -0.2) is 51.4 Å².